The monoisotopic (exact) mass is 344 g/mol. The van der Waals surface area contributed by atoms with Gasteiger partial charge in [0.15, 0.2) is 5.75 Å². The highest BCUT2D eigenvalue weighted by Crippen LogP contribution is 2.44. The Bertz CT molecular complexity index is 1150. The summed E-state index contributed by atoms with van der Waals surface area (Å²) in [5, 5.41) is 18.5. The van der Waals surface area contributed by atoms with Crippen molar-refractivity contribution in [3.63, 3.8) is 0 Å². The fourth-order valence-electron chi connectivity index (χ4n) is 3.65. The summed E-state index contributed by atoms with van der Waals surface area (Å²) in [6.45, 7) is 3.93. The highest BCUT2D eigenvalue weighted by molar-refractivity contribution is 5.93. The van der Waals surface area contributed by atoms with Gasteiger partial charge in [-0.05, 0) is 37.1 Å². The molecule has 2 aromatic carbocycles. The molecule has 0 fully saturated rings. The predicted molar refractivity (Wildman–Crippen MR) is 97.7 cm³/mol. The quantitative estimate of drug-likeness (QED) is 0.675. The number of nitriles is 1. The first-order chi connectivity index (χ1) is 12.5. The number of rotatable bonds is 1. The van der Waals surface area contributed by atoms with E-state index in [0.717, 1.165) is 16.7 Å². The average molecular weight is 344 g/mol. The molecular formula is C21H16N2O3. The number of aryl methyl sites for hydroxylation is 2. The number of nitrogens with zero attached hydrogens (tertiary/aromatic N) is 1. The standard InChI is InChI=1S/C21H16N2O3/c1-11-7-8-13(12(2)9-11)17-15(10-22)20(23)26-19-14-5-3-4-6-16(14)25-21(24)18(17)19/h3-9,15,17,23H,1-2H3. The van der Waals surface area contributed by atoms with E-state index in [1.54, 1.807) is 18.2 Å². The van der Waals surface area contributed by atoms with Crippen LogP contribution in [0.15, 0.2) is 51.7 Å². The Balaban J connectivity index is 2.08. The molecular weight excluding hydrogens is 328 g/mol. The van der Waals surface area contributed by atoms with Gasteiger partial charge in [0.05, 0.1) is 17.0 Å². The first-order valence-corrected chi connectivity index (χ1v) is 8.30. The van der Waals surface area contributed by atoms with Crippen LogP contribution in [0.3, 0.4) is 0 Å². The molecule has 0 bridgehead atoms. The summed E-state index contributed by atoms with van der Waals surface area (Å²) < 4.78 is 11.1. The molecule has 1 N–H and O–H groups in total. The van der Waals surface area contributed by atoms with E-state index >= 15 is 0 Å². The molecule has 0 saturated carbocycles. The van der Waals surface area contributed by atoms with Crippen molar-refractivity contribution in [1.29, 1.82) is 10.7 Å². The van der Waals surface area contributed by atoms with E-state index in [4.69, 9.17) is 14.6 Å². The zero-order chi connectivity index (χ0) is 18.4. The minimum absolute atomic E-state index is 0.152. The Hall–Kier alpha value is -3.39. The summed E-state index contributed by atoms with van der Waals surface area (Å²) in [5.41, 5.74) is 3.06. The first kappa shape index (κ1) is 16.1. The lowest BCUT2D eigenvalue weighted by molar-refractivity contribution is 0.431. The highest BCUT2D eigenvalue weighted by Gasteiger charge is 2.41. The molecule has 2 heterocycles. The van der Waals surface area contributed by atoms with Crippen molar-refractivity contribution in [2.45, 2.75) is 19.8 Å². The van der Waals surface area contributed by atoms with Gasteiger partial charge < -0.3 is 9.15 Å². The number of benzene rings is 2. The Kier molecular flexibility index (Phi) is 3.62. The molecule has 26 heavy (non-hydrogen) atoms. The van der Waals surface area contributed by atoms with Crippen LogP contribution in [0.4, 0.5) is 0 Å². The Morgan fingerprint density at radius 2 is 1.92 bits per heavy atom. The fourth-order valence-corrected chi connectivity index (χ4v) is 3.65. The summed E-state index contributed by atoms with van der Waals surface area (Å²) in [5.74, 6) is -1.32. The van der Waals surface area contributed by atoms with Gasteiger partial charge in [-0.2, -0.15) is 5.26 Å². The summed E-state index contributed by atoms with van der Waals surface area (Å²) >= 11 is 0. The number of ether oxygens (including phenoxy) is 1. The van der Waals surface area contributed by atoms with E-state index in [1.165, 1.54) is 0 Å². The second-order valence-corrected chi connectivity index (χ2v) is 6.54. The topological polar surface area (TPSA) is 87.1 Å². The van der Waals surface area contributed by atoms with Crippen LogP contribution in [0.1, 0.15) is 28.2 Å². The van der Waals surface area contributed by atoms with Crippen molar-refractivity contribution in [1.82, 2.24) is 0 Å². The maximum atomic E-state index is 12.8. The van der Waals surface area contributed by atoms with Gasteiger partial charge in [0.25, 0.3) is 0 Å². The molecule has 1 aromatic heterocycles. The van der Waals surface area contributed by atoms with E-state index in [0.29, 0.717) is 22.3 Å². The third-order valence-corrected chi connectivity index (χ3v) is 4.84. The number of fused-ring (bicyclic) bond motifs is 3. The van der Waals surface area contributed by atoms with Gasteiger partial charge in [0.1, 0.15) is 11.5 Å². The van der Waals surface area contributed by atoms with Crippen LogP contribution >= 0.6 is 0 Å². The lowest BCUT2D eigenvalue weighted by Crippen LogP contribution is -2.35. The molecule has 1 aliphatic rings. The minimum atomic E-state index is -0.882. The van der Waals surface area contributed by atoms with Crippen molar-refractivity contribution >= 4 is 16.9 Å². The molecule has 0 spiro atoms. The third-order valence-electron chi connectivity index (χ3n) is 4.84. The van der Waals surface area contributed by atoms with Crippen LogP contribution in [0.5, 0.6) is 5.75 Å². The normalized spacial score (nSPS) is 18.9. The zero-order valence-corrected chi connectivity index (χ0v) is 14.4. The lowest BCUT2D eigenvalue weighted by Gasteiger charge is -2.30. The van der Waals surface area contributed by atoms with E-state index in [9.17, 15) is 10.1 Å². The van der Waals surface area contributed by atoms with Gasteiger partial charge in [0, 0.05) is 5.92 Å². The van der Waals surface area contributed by atoms with Crippen molar-refractivity contribution in [3.05, 3.63) is 75.1 Å². The second kappa shape index (κ2) is 5.85. The predicted octanol–water partition coefficient (Wildman–Crippen LogP) is 4.05. The maximum Gasteiger partial charge on any atom is 0.343 e. The largest absolute Gasteiger partial charge is 0.441 e. The van der Waals surface area contributed by atoms with Gasteiger partial charge in [-0.25, -0.2) is 4.79 Å². The van der Waals surface area contributed by atoms with Gasteiger partial charge in [-0.3, -0.25) is 5.41 Å². The van der Waals surface area contributed by atoms with Crippen molar-refractivity contribution in [3.8, 4) is 11.8 Å². The van der Waals surface area contributed by atoms with Crippen LogP contribution in [0, 0.1) is 36.5 Å². The van der Waals surface area contributed by atoms with Crippen LogP contribution in [-0.2, 0) is 0 Å². The molecule has 5 nitrogen and oxygen atoms in total. The zero-order valence-electron chi connectivity index (χ0n) is 14.4. The van der Waals surface area contributed by atoms with Crippen LogP contribution in [0.25, 0.3) is 11.0 Å². The number of hydrogen-bond donors (Lipinski definition) is 1. The summed E-state index contributed by atoms with van der Waals surface area (Å²) in [7, 11) is 0. The first-order valence-electron chi connectivity index (χ1n) is 8.30. The SMILES string of the molecule is Cc1ccc(C2c3c(c4ccccc4oc3=O)OC(=N)C2C#N)c(C)c1. The molecule has 2 unspecified atom stereocenters. The smallest absolute Gasteiger partial charge is 0.343 e. The van der Waals surface area contributed by atoms with Gasteiger partial charge in [-0.1, -0.05) is 35.9 Å². The molecule has 128 valence electrons. The van der Waals surface area contributed by atoms with Crippen LogP contribution < -0.4 is 10.4 Å². The molecule has 0 radical (unpaired) electrons. The van der Waals surface area contributed by atoms with E-state index in [2.05, 4.69) is 6.07 Å². The van der Waals surface area contributed by atoms with Crippen LogP contribution in [-0.4, -0.2) is 5.90 Å². The Labute approximate surface area is 150 Å². The molecule has 4 rings (SSSR count). The molecule has 5 heteroatoms. The van der Waals surface area contributed by atoms with Crippen LogP contribution in [0.2, 0.25) is 0 Å². The number of hydrogen-bond acceptors (Lipinski definition) is 5. The molecule has 0 saturated heterocycles. The van der Waals surface area contributed by atoms with Crippen molar-refractivity contribution < 1.29 is 9.15 Å². The molecule has 1 aliphatic heterocycles. The summed E-state index contributed by atoms with van der Waals surface area (Å²) in [4.78, 5) is 12.8. The number of nitrogens with one attached hydrogen (secondary N) is 1. The van der Waals surface area contributed by atoms with Gasteiger partial charge >= 0.3 is 5.63 Å². The van der Waals surface area contributed by atoms with Crippen molar-refractivity contribution in [2.75, 3.05) is 0 Å². The Morgan fingerprint density at radius 1 is 1.15 bits per heavy atom. The second-order valence-electron chi connectivity index (χ2n) is 6.54. The van der Waals surface area contributed by atoms with Gasteiger partial charge in [-0.15, -0.1) is 0 Å². The van der Waals surface area contributed by atoms with E-state index < -0.39 is 17.5 Å². The number of para-hydroxylation sites is 1. The van der Waals surface area contributed by atoms with E-state index in [-0.39, 0.29) is 5.90 Å². The fraction of sp³-hybridized carbons (Fsp3) is 0.190. The molecule has 3 aromatic rings. The summed E-state index contributed by atoms with van der Waals surface area (Å²) in [6, 6.07) is 15.1. The maximum absolute atomic E-state index is 12.8. The summed E-state index contributed by atoms with van der Waals surface area (Å²) in [6.07, 6.45) is 0. The van der Waals surface area contributed by atoms with Crippen molar-refractivity contribution in [2.24, 2.45) is 5.92 Å². The highest BCUT2D eigenvalue weighted by atomic mass is 16.5. The third kappa shape index (κ3) is 2.31. The van der Waals surface area contributed by atoms with E-state index in [1.807, 2.05) is 38.1 Å². The molecule has 0 aliphatic carbocycles. The molecule has 2 atom stereocenters. The minimum Gasteiger partial charge on any atom is -0.441 e. The molecule has 0 amide bonds. The average Bonchev–Trinajstić information content (AvgIpc) is 2.61. The van der Waals surface area contributed by atoms with Gasteiger partial charge in [0.2, 0.25) is 5.90 Å². The lowest BCUT2D eigenvalue weighted by atomic mass is 9.77. The Morgan fingerprint density at radius 3 is 2.65 bits per heavy atom.